The molecule has 8 atom stereocenters. The molecule has 0 saturated heterocycles. The molecule has 0 unspecified atom stereocenters. The fourth-order valence-corrected chi connectivity index (χ4v) is 9.62. The van der Waals surface area contributed by atoms with Gasteiger partial charge >= 0.3 is 6.16 Å². The minimum absolute atomic E-state index is 0.0692. The largest absolute Gasteiger partial charge is 0.514 e. The van der Waals surface area contributed by atoms with E-state index in [1.165, 1.54) is 51.4 Å². The van der Waals surface area contributed by atoms with Crippen LogP contribution in [0.4, 0.5) is 4.79 Å². The van der Waals surface area contributed by atoms with Crippen LogP contribution in [0.2, 0.25) is 0 Å². The summed E-state index contributed by atoms with van der Waals surface area (Å²) < 4.78 is 11.3. The van der Waals surface area contributed by atoms with Crippen LogP contribution in [0, 0.1) is 53.3 Å². The number of benzene rings is 1. The first-order valence-electron chi connectivity index (χ1n) is 15.7. The molecule has 1 aromatic rings. The Morgan fingerprint density at radius 3 is 2.47 bits per heavy atom. The van der Waals surface area contributed by atoms with Gasteiger partial charge in [0.1, 0.15) is 11.9 Å². The Balaban J connectivity index is 1.21. The molecule has 4 aliphatic rings. The third-order valence-electron chi connectivity index (χ3n) is 11.7. The van der Waals surface area contributed by atoms with Gasteiger partial charge in [0.05, 0.1) is 0 Å². The Labute approximate surface area is 232 Å². The molecule has 38 heavy (non-hydrogen) atoms. The van der Waals surface area contributed by atoms with Gasteiger partial charge in [-0.2, -0.15) is 0 Å². The molecule has 0 aromatic heterocycles. The lowest BCUT2D eigenvalue weighted by Gasteiger charge is -2.58. The predicted octanol–water partition coefficient (Wildman–Crippen LogP) is 9.92. The summed E-state index contributed by atoms with van der Waals surface area (Å²) >= 11 is 0. The lowest BCUT2D eigenvalue weighted by atomic mass is 9.47. The van der Waals surface area contributed by atoms with Gasteiger partial charge in [-0.3, -0.25) is 0 Å². The first kappa shape index (κ1) is 27.8. The van der Waals surface area contributed by atoms with Crippen molar-refractivity contribution in [1.29, 1.82) is 0 Å². The van der Waals surface area contributed by atoms with Crippen molar-refractivity contribution >= 4 is 6.16 Å². The molecule has 3 fully saturated rings. The van der Waals surface area contributed by atoms with Gasteiger partial charge in [0.25, 0.3) is 0 Å². The summed E-state index contributed by atoms with van der Waals surface area (Å²) in [6.07, 6.45) is 16.0. The zero-order valence-corrected chi connectivity index (χ0v) is 24.9. The van der Waals surface area contributed by atoms with Crippen LogP contribution in [0.1, 0.15) is 111 Å². The van der Waals surface area contributed by atoms with Crippen molar-refractivity contribution in [3.05, 3.63) is 41.5 Å². The number of allylic oxidation sites excluding steroid dienone is 1. The van der Waals surface area contributed by atoms with Gasteiger partial charge in [0.15, 0.2) is 0 Å². The molecule has 0 aliphatic heterocycles. The summed E-state index contributed by atoms with van der Waals surface area (Å²) in [6, 6.07) is 7.56. The van der Waals surface area contributed by atoms with Crippen LogP contribution >= 0.6 is 0 Å². The molecule has 3 nitrogen and oxygen atoms in total. The number of aryl methyl sites for hydroxylation is 1. The quantitative estimate of drug-likeness (QED) is 0.204. The van der Waals surface area contributed by atoms with Crippen LogP contribution in [0.5, 0.6) is 5.75 Å². The van der Waals surface area contributed by atoms with Crippen LogP contribution in [0.3, 0.4) is 0 Å². The van der Waals surface area contributed by atoms with Crippen LogP contribution < -0.4 is 4.74 Å². The van der Waals surface area contributed by atoms with E-state index in [2.05, 4.69) is 40.7 Å². The Kier molecular flexibility index (Phi) is 8.05. The number of hydrogen-bond donors (Lipinski definition) is 0. The highest BCUT2D eigenvalue weighted by Gasteiger charge is 2.59. The number of carbonyl (C=O) groups excluding carboxylic acids is 1. The van der Waals surface area contributed by atoms with Gasteiger partial charge in [-0.05, 0) is 110 Å². The van der Waals surface area contributed by atoms with E-state index in [4.69, 9.17) is 9.47 Å². The van der Waals surface area contributed by atoms with Crippen LogP contribution in [-0.2, 0) is 4.74 Å². The van der Waals surface area contributed by atoms with Crippen molar-refractivity contribution < 1.29 is 14.3 Å². The number of ether oxygens (including phenoxy) is 2. The Morgan fingerprint density at radius 2 is 1.74 bits per heavy atom. The number of fused-ring (bicyclic) bond motifs is 5. The summed E-state index contributed by atoms with van der Waals surface area (Å²) in [5.74, 6) is 5.64. The zero-order chi connectivity index (χ0) is 27.1. The smallest absolute Gasteiger partial charge is 0.430 e. The van der Waals surface area contributed by atoms with Gasteiger partial charge in [-0.1, -0.05) is 83.2 Å². The second-order valence-corrected chi connectivity index (χ2v) is 14.4. The van der Waals surface area contributed by atoms with Gasteiger partial charge in [0, 0.05) is 6.42 Å². The maximum Gasteiger partial charge on any atom is 0.514 e. The molecule has 3 saturated carbocycles. The molecule has 3 heteroatoms. The van der Waals surface area contributed by atoms with E-state index in [0.29, 0.717) is 11.2 Å². The van der Waals surface area contributed by atoms with Crippen LogP contribution in [0.15, 0.2) is 35.9 Å². The van der Waals surface area contributed by atoms with Crippen molar-refractivity contribution in [1.82, 2.24) is 0 Å². The van der Waals surface area contributed by atoms with Crippen LogP contribution in [0.25, 0.3) is 0 Å². The van der Waals surface area contributed by atoms with E-state index in [1.807, 2.05) is 31.2 Å². The number of carbonyl (C=O) groups is 1. The Bertz CT molecular complexity index is 1010. The van der Waals surface area contributed by atoms with Crippen molar-refractivity contribution in [3.63, 3.8) is 0 Å². The molecule has 5 rings (SSSR count). The van der Waals surface area contributed by atoms with E-state index in [0.717, 1.165) is 60.3 Å². The average Bonchev–Trinajstić information content (AvgIpc) is 3.23. The van der Waals surface area contributed by atoms with E-state index in [1.54, 1.807) is 5.57 Å². The number of rotatable bonds is 7. The standard InChI is InChI=1S/C35H52O3/c1-23(2)8-7-9-25(4)30-16-17-31-29-15-12-26-22-28(38-33(36)37-27-13-10-24(3)11-14-27)18-20-34(26,5)32(29)19-21-35(30,31)6/h10-14,23,25,28-32H,7-9,15-22H2,1-6H3/t25-,28+,29-,30+,31-,32-,34+,35-/m1/s1. The third kappa shape index (κ3) is 5.33. The molecule has 4 aliphatic carbocycles. The van der Waals surface area contributed by atoms with E-state index >= 15 is 0 Å². The molecule has 0 bridgehead atoms. The van der Waals surface area contributed by atoms with Crippen molar-refractivity contribution in [2.75, 3.05) is 0 Å². The second-order valence-electron chi connectivity index (χ2n) is 14.4. The normalized spacial score (nSPS) is 37.0. The average molecular weight is 521 g/mol. The van der Waals surface area contributed by atoms with Gasteiger partial charge < -0.3 is 9.47 Å². The Hall–Kier alpha value is -1.77. The van der Waals surface area contributed by atoms with E-state index < -0.39 is 6.16 Å². The molecule has 0 spiro atoms. The van der Waals surface area contributed by atoms with Crippen molar-refractivity contribution in [2.45, 2.75) is 118 Å². The second kappa shape index (κ2) is 11.0. The maximum atomic E-state index is 12.5. The van der Waals surface area contributed by atoms with E-state index in [9.17, 15) is 4.79 Å². The van der Waals surface area contributed by atoms with Gasteiger partial charge in [0.2, 0.25) is 0 Å². The van der Waals surface area contributed by atoms with Crippen molar-refractivity contribution in [3.8, 4) is 5.75 Å². The van der Waals surface area contributed by atoms with Gasteiger partial charge in [-0.25, -0.2) is 4.79 Å². The minimum atomic E-state index is -0.565. The first-order valence-corrected chi connectivity index (χ1v) is 15.7. The third-order valence-corrected chi connectivity index (χ3v) is 11.7. The SMILES string of the molecule is Cc1ccc(OC(=O)O[C@H]2CC[C@@]3(C)C(=CC[C@@H]4[C@H]5CC[C@@H]([C@H](C)CCCC(C)C)[C@@]5(C)CC[C@H]43)C2)cc1. The van der Waals surface area contributed by atoms with Crippen LogP contribution in [-0.4, -0.2) is 12.3 Å². The summed E-state index contributed by atoms with van der Waals surface area (Å²) in [6.45, 7) is 14.5. The summed E-state index contributed by atoms with van der Waals surface area (Å²) in [5, 5.41) is 0. The lowest BCUT2D eigenvalue weighted by molar-refractivity contribution is -0.0597. The molecule has 210 valence electrons. The topological polar surface area (TPSA) is 35.5 Å². The highest BCUT2D eigenvalue weighted by molar-refractivity contribution is 5.64. The lowest BCUT2D eigenvalue weighted by Crippen LogP contribution is -2.51. The molecule has 1 aromatic carbocycles. The molecular weight excluding hydrogens is 468 g/mol. The zero-order valence-electron chi connectivity index (χ0n) is 24.9. The highest BCUT2D eigenvalue weighted by Crippen LogP contribution is 2.67. The minimum Gasteiger partial charge on any atom is -0.430 e. The molecular formula is C35H52O3. The fourth-order valence-electron chi connectivity index (χ4n) is 9.62. The molecule has 0 N–H and O–H groups in total. The van der Waals surface area contributed by atoms with E-state index in [-0.39, 0.29) is 11.5 Å². The maximum absolute atomic E-state index is 12.5. The van der Waals surface area contributed by atoms with Crippen molar-refractivity contribution in [2.24, 2.45) is 46.3 Å². The molecule has 0 radical (unpaired) electrons. The first-order chi connectivity index (χ1) is 18.1. The summed E-state index contributed by atoms with van der Waals surface area (Å²) in [5.41, 5.74) is 3.50. The molecule has 0 heterocycles. The predicted molar refractivity (Wildman–Crippen MR) is 155 cm³/mol. The monoisotopic (exact) mass is 520 g/mol. The summed E-state index contributed by atoms with van der Waals surface area (Å²) in [4.78, 5) is 12.5. The molecule has 0 amide bonds. The van der Waals surface area contributed by atoms with Gasteiger partial charge in [-0.15, -0.1) is 0 Å². The number of hydrogen-bond acceptors (Lipinski definition) is 3. The highest BCUT2D eigenvalue weighted by atomic mass is 16.7. The fraction of sp³-hybridized carbons (Fsp3) is 0.743. The summed E-state index contributed by atoms with van der Waals surface area (Å²) in [7, 11) is 0. The Morgan fingerprint density at radius 1 is 0.974 bits per heavy atom.